The van der Waals surface area contributed by atoms with E-state index in [4.69, 9.17) is 16.3 Å². The predicted octanol–water partition coefficient (Wildman–Crippen LogP) is 4.50. The largest absolute Gasteiger partial charge is 0.496 e. The molecule has 0 N–H and O–H groups in total. The lowest BCUT2D eigenvalue weighted by Gasteiger charge is -2.14. The second-order valence-electron chi connectivity index (χ2n) is 4.18. The van der Waals surface area contributed by atoms with Crippen molar-refractivity contribution in [2.75, 3.05) is 7.11 Å². The van der Waals surface area contributed by atoms with Crippen LogP contribution in [0.25, 0.3) is 0 Å². The molecular weight excluding hydrogens is 270 g/mol. The molecule has 2 aromatic rings. The summed E-state index contributed by atoms with van der Waals surface area (Å²) in [6, 6.07) is 10.3. The van der Waals surface area contributed by atoms with Gasteiger partial charge in [-0.15, -0.1) is 11.6 Å². The molecule has 0 aliphatic heterocycles. The Kier molecular flexibility index (Phi) is 4.38. The molecule has 0 fully saturated rings. The Morgan fingerprint density at radius 1 is 1.05 bits per heavy atom. The van der Waals surface area contributed by atoms with E-state index in [9.17, 15) is 8.78 Å². The Balaban J connectivity index is 2.21. The number of ether oxygens (including phenoxy) is 1. The first-order valence-corrected chi connectivity index (χ1v) is 6.25. The first kappa shape index (κ1) is 13.8. The van der Waals surface area contributed by atoms with Crippen molar-refractivity contribution in [3.63, 3.8) is 0 Å². The van der Waals surface area contributed by atoms with E-state index in [-0.39, 0.29) is 11.6 Å². The SMILES string of the molecule is COc1ccc(F)cc1C(Cl)Cc1ccc(F)cc1. The molecule has 19 heavy (non-hydrogen) atoms. The zero-order chi connectivity index (χ0) is 13.8. The van der Waals surface area contributed by atoms with Gasteiger partial charge in [0.15, 0.2) is 0 Å². The van der Waals surface area contributed by atoms with Crippen LogP contribution in [0.4, 0.5) is 8.78 Å². The standard InChI is InChI=1S/C15H13ClF2O/c1-19-15-7-6-12(18)9-13(15)14(16)8-10-2-4-11(17)5-3-10/h2-7,9,14H,8H2,1H3. The van der Waals surface area contributed by atoms with Crippen molar-refractivity contribution >= 4 is 11.6 Å². The van der Waals surface area contributed by atoms with Crippen molar-refractivity contribution in [2.24, 2.45) is 0 Å². The zero-order valence-corrected chi connectivity index (χ0v) is 11.1. The summed E-state index contributed by atoms with van der Waals surface area (Å²) in [7, 11) is 1.51. The van der Waals surface area contributed by atoms with E-state index in [0.29, 0.717) is 17.7 Å². The fraction of sp³-hybridized carbons (Fsp3) is 0.200. The lowest BCUT2D eigenvalue weighted by molar-refractivity contribution is 0.407. The molecule has 0 bridgehead atoms. The molecule has 0 aliphatic rings. The summed E-state index contributed by atoms with van der Waals surface area (Å²) in [5, 5.41) is -0.434. The highest BCUT2D eigenvalue weighted by molar-refractivity contribution is 6.21. The van der Waals surface area contributed by atoms with Gasteiger partial charge in [-0.05, 0) is 42.3 Å². The second-order valence-corrected chi connectivity index (χ2v) is 4.71. The van der Waals surface area contributed by atoms with Gasteiger partial charge in [0.1, 0.15) is 17.4 Å². The minimum atomic E-state index is -0.434. The van der Waals surface area contributed by atoms with Crippen molar-refractivity contribution in [3.05, 3.63) is 65.2 Å². The van der Waals surface area contributed by atoms with E-state index in [1.807, 2.05) is 0 Å². The van der Waals surface area contributed by atoms with Gasteiger partial charge in [-0.3, -0.25) is 0 Å². The third-order valence-corrected chi connectivity index (χ3v) is 3.25. The van der Waals surface area contributed by atoms with Gasteiger partial charge in [0.25, 0.3) is 0 Å². The van der Waals surface area contributed by atoms with Crippen molar-refractivity contribution in [1.29, 1.82) is 0 Å². The average Bonchev–Trinajstić information content (AvgIpc) is 2.41. The van der Waals surface area contributed by atoms with Crippen LogP contribution < -0.4 is 4.74 Å². The molecule has 100 valence electrons. The van der Waals surface area contributed by atoms with E-state index in [0.717, 1.165) is 5.56 Å². The normalized spacial score (nSPS) is 12.2. The Hall–Kier alpha value is -1.61. The molecule has 1 unspecified atom stereocenters. The molecule has 1 nitrogen and oxygen atoms in total. The van der Waals surface area contributed by atoms with Crippen LogP contribution >= 0.6 is 11.6 Å². The van der Waals surface area contributed by atoms with Crippen molar-refractivity contribution in [1.82, 2.24) is 0 Å². The fourth-order valence-corrected chi connectivity index (χ4v) is 2.24. The van der Waals surface area contributed by atoms with Gasteiger partial charge >= 0.3 is 0 Å². The molecule has 4 heteroatoms. The maximum atomic E-state index is 13.3. The zero-order valence-electron chi connectivity index (χ0n) is 10.4. The molecule has 0 aromatic heterocycles. The van der Waals surface area contributed by atoms with Gasteiger partial charge < -0.3 is 4.74 Å². The van der Waals surface area contributed by atoms with Crippen molar-refractivity contribution in [3.8, 4) is 5.75 Å². The fourth-order valence-electron chi connectivity index (χ4n) is 1.89. The van der Waals surface area contributed by atoms with Crippen LogP contribution in [0.3, 0.4) is 0 Å². The van der Waals surface area contributed by atoms with Crippen molar-refractivity contribution in [2.45, 2.75) is 11.8 Å². The Labute approximate surface area is 115 Å². The van der Waals surface area contributed by atoms with E-state index in [1.54, 1.807) is 18.2 Å². The molecule has 1 atom stereocenters. The summed E-state index contributed by atoms with van der Waals surface area (Å²) in [5.74, 6) is -0.109. The molecule has 0 aliphatic carbocycles. The van der Waals surface area contributed by atoms with Crippen LogP contribution in [0.1, 0.15) is 16.5 Å². The average molecular weight is 283 g/mol. The van der Waals surface area contributed by atoms with Gasteiger partial charge in [-0.2, -0.15) is 0 Å². The molecule has 0 saturated heterocycles. The number of alkyl halides is 1. The van der Waals surface area contributed by atoms with Crippen molar-refractivity contribution < 1.29 is 13.5 Å². The quantitative estimate of drug-likeness (QED) is 0.751. The van der Waals surface area contributed by atoms with Crippen LogP contribution in [-0.4, -0.2) is 7.11 Å². The number of hydrogen-bond acceptors (Lipinski definition) is 1. The first-order valence-electron chi connectivity index (χ1n) is 5.82. The summed E-state index contributed by atoms with van der Waals surface area (Å²) in [6.07, 6.45) is 0.474. The van der Waals surface area contributed by atoms with Crippen LogP contribution in [0.5, 0.6) is 5.75 Å². The molecule has 0 spiro atoms. The molecule has 2 aromatic carbocycles. The van der Waals surface area contributed by atoms with Gasteiger partial charge in [-0.25, -0.2) is 8.78 Å². The Morgan fingerprint density at radius 3 is 2.32 bits per heavy atom. The highest BCUT2D eigenvalue weighted by Gasteiger charge is 2.15. The highest BCUT2D eigenvalue weighted by Crippen LogP contribution is 2.32. The predicted molar refractivity (Wildman–Crippen MR) is 71.7 cm³/mol. The lowest BCUT2D eigenvalue weighted by atomic mass is 10.0. The summed E-state index contributed by atoms with van der Waals surface area (Å²) in [5.41, 5.74) is 1.47. The van der Waals surface area contributed by atoms with Crippen LogP contribution in [-0.2, 0) is 6.42 Å². The van der Waals surface area contributed by atoms with Crippen LogP contribution in [0, 0.1) is 11.6 Å². The smallest absolute Gasteiger partial charge is 0.123 e. The molecule has 0 saturated carbocycles. The monoisotopic (exact) mass is 282 g/mol. The Morgan fingerprint density at radius 2 is 1.68 bits per heavy atom. The van der Waals surface area contributed by atoms with E-state index < -0.39 is 5.38 Å². The van der Waals surface area contributed by atoms with E-state index in [1.165, 1.54) is 31.4 Å². The summed E-state index contributed by atoms with van der Waals surface area (Å²) in [6.45, 7) is 0. The topological polar surface area (TPSA) is 9.23 Å². The maximum Gasteiger partial charge on any atom is 0.123 e. The molecule has 0 heterocycles. The molecule has 0 amide bonds. The van der Waals surface area contributed by atoms with Gasteiger partial charge in [0.2, 0.25) is 0 Å². The van der Waals surface area contributed by atoms with E-state index in [2.05, 4.69) is 0 Å². The summed E-state index contributed by atoms with van der Waals surface area (Å²) < 4.78 is 31.3. The van der Waals surface area contributed by atoms with Crippen LogP contribution in [0.2, 0.25) is 0 Å². The minimum Gasteiger partial charge on any atom is -0.496 e. The number of methoxy groups -OCH3 is 1. The summed E-state index contributed by atoms with van der Waals surface area (Å²) >= 11 is 6.30. The number of halogens is 3. The van der Waals surface area contributed by atoms with Gasteiger partial charge in [0, 0.05) is 5.56 Å². The third-order valence-electron chi connectivity index (χ3n) is 2.86. The third kappa shape index (κ3) is 3.44. The number of benzene rings is 2. The van der Waals surface area contributed by atoms with Crippen LogP contribution in [0.15, 0.2) is 42.5 Å². The Bertz CT molecular complexity index is 555. The molecular formula is C15H13ClF2O. The second kappa shape index (κ2) is 6.02. The minimum absolute atomic E-state index is 0.293. The van der Waals surface area contributed by atoms with E-state index >= 15 is 0 Å². The summed E-state index contributed by atoms with van der Waals surface area (Å²) in [4.78, 5) is 0. The number of hydrogen-bond donors (Lipinski definition) is 0. The number of rotatable bonds is 4. The maximum absolute atomic E-state index is 13.3. The highest BCUT2D eigenvalue weighted by atomic mass is 35.5. The molecule has 2 rings (SSSR count). The van der Waals surface area contributed by atoms with Gasteiger partial charge in [0.05, 0.1) is 12.5 Å². The lowest BCUT2D eigenvalue weighted by Crippen LogP contribution is -2.00. The van der Waals surface area contributed by atoms with Gasteiger partial charge in [-0.1, -0.05) is 12.1 Å². The first-order chi connectivity index (χ1) is 9.10. The molecule has 0 radical (unpaired) electrons.